The van der Waals surface area contributed by atoms with Gasteiger partial charge in [0.15, 0.2) is 5.11 Å². The number of aromatic nitrogens is 2. The van der Waals surface area contributed by atoms with Crippen molar-refractivity contribution < 1.29 is 0 Å². The molecule has 1 aromatic carbocycles. The summed E-state index contributed by atoms with van der Waals surface area (Å²) in [6.07, 6.45) is 2.87. The van der Waals surface area contributed by atoms with Gasteiger partial charge >= 0.3 is 0 Å². The minimum Gasteiger partial charge on any atom is -0.352 e. The van der Waals surface area contributed by atoms with Crippen molar-refractivity contribution in [3.8, 4) is 5.69 Å². The highest BCUT2D eigenvalue weighted by Gasteiger charge is 2.41. The van der Waals surface area contributed by atoms with Gasteiger partial charge in [0.25, 0.3) is 0 Å². The standard InChI is InChI=1S/C24H27ClN4S/c1-5-13-28-23(22(27-24(28)30)20-10-6-7-12-26-20)18-14-15(2)29(17(18)4)21-11-8-9-19(25)16(21)3/h6-12,14,22-23H,5,13H2,1-4H3,(H,27,30)/t22-,23+/m1/s1. The minimum absolute atomic E-state index is 0.0136. The van der Waals surface area contributed by atoms with Gasteiger partial charge in [0.2, 0.25) is 0 Å². The van der Waals surface area contributed by atoms with Crippen LogP contribution in [0.4, 0.5) is 0 Å². The summed E-state index contributed by atoms with van der Waals surface area (Å²) in [6.45, 7) is 9.50. The number of aryl methyl sites for hydroxylation is 1. The number of benzene rings is 1. The van der Waals surface area contributed by atoms with Crippen molar-refractivity contribution in [3.05, 3.63) is 81.9 Å². The van der Waals surface area contributed by atoms with Gasteiger partial charge in [-0.3, -0.25) is 4.98 Å². The van der Waals surface area contributed by atoms with E-state index in [1.807, 2.05) is 30.5 Å². The van der Waals surface area contributed by atoms with Crippen molar-refractivity contribution in [2.75, 3.05) is 6.54 Å². The van der Waals surface area contributed by atoms with Crippen molar-refractivity contribution >= 4 is 28.9 Å². The number of halogens is 1. The Kier molecular flexibility index (Phi) is 5.85. The zero-order chi connectivity index (χ0) is 21.4. The summed E-state index contributed by atoms with van der Waals surface area (Å²) in [5, 5.41) is 5.11. The van der Waals surface area contributed by atoms with Gasteiger partial charge in [0.05, 0.1) is 17.8 Å². The number of hydrogen-bond donors (Lipinski definition) is 1. The second kappa shape index (κ2) is 8.40. The molecular weight excluding hydrogens is 412 g/mol. The van der Waals surface area contributed by atoms with E-state index in [1.54, 1.807) is 0 Å². The van der Waals surface area contributed by atoms with E-state index in [4.69, 9.17) is 23.8 Å². The summed E-state index contributed by atoms with van der Waals surface area (Å²) in [5.74, 6) is 0. The predicted octanol–water partition coefficient (Wildman–Crippen LogP) is 5.83. The SMILES string of the molecule is CCCN1C(=S)N[C@H](c2ccccn2)[C@@H]1c1cc(C)n(-c2cccc(Cl)c2C)c1C. The fourth-order valence-corrected chi connectivity index (χ4v) is 5.02. The smallest absolute Gasteiger partial charge is 0.170 e. The molecule has 156 valence electrons. The van der Waals surface area contributed by atoms with Gasteiger partial charge in [0, 0.05) is 34.8 Å². The average molecular weight is 439 g/mol. The Hall–Kier alpha value is -2.37. The van der Waals surface area contributed by atoms with Crippen molar-refractivity contribution in [1.29, 1.82) is 0 Å². The summed E-state index contributed by atoms with van der Waals surface area (Å²) in [7, 11) is 0. The summed E-state index contributed by atoms with van der Waals surface area (Å²) >= 11 is 12.2. The highest BCUT2D eigenvalue weighted by molar-refractivity contribution is 7.80. The highest BCUT2D eigenvalue weighted by atomic mass is 35.5. The fourth-order valence-electron chi connectivity index (χ4n) is 4.52. The average Bonchev–Trinajstić information content (AvgIpc) is 3.21. The molecular formula is C24H27ClN4S. The lowest BCUT2D eigenvalue weighted by Gasteiger charge is -2.28. The van der Waals surface area contributed by atoms with Crippen LogP contribution in [0.15, 0.2) is 48.7 Å². The van der Waals surface area contributed by atoms with E-state index in [0.717, 1.165) is 40.0 Å². The first kappa shape index (κ1) is 20.9. The molecule has 4 nitrogen and oxygen atoms in total. The van der Waals surface area contributed by atoms with Gasteiger partial charge in [0.1, 0.15) is 0 Å². The molecule has 3 aromatic rings. The second-order valence-corrected chi connectivity index (χ2v) is 8.66. The second-order valence-electron chi connectivity index (χ2n) is 7.87. The molecule has 0 unspecified atom stereocenters. The molecule has 0 amide bonds. The molecule has 1 saturated heterocycles. The third-order valence-electron chi connectivity index (χ3n) is 5.93. The maximum absolute atomic E-state index is 6.43. The van der Waals surface area contributed by atoms with E-state index in [9.17, 15) is 0 Å². The molecule has 2 aromatic heterocycles. The summed E-state index contributed by atoms with van der Waals surface area (Å²) in [5.41, 5.74) is 6.86. The van der Waals surface area contributed by atoms with E-state index in [1.165, 1.54) is 17.0 Å². The van der Waals surface area contributed by atoms with Crippen LogP contribution in [0, 0.1) is 20.8 Å². The first-order chi connectivity index (χ1) is 14.4. The Morgan fingerprint density at radius 2 is 1.93 bits per heavy atom. The monoisotopic (exact) mass is 438 g/mol. The third kappa shape index (κ3) is 3.50. The maximum atomic E-state index is 6.43. The van der Waals surface area contributed by atoms with E-state index in [-0.39, 0.29) is 12.1 Å². The topological polar surface area (TPSA) is 33.1 Å². The Bertz CT molecular complexity index is 1080. The van der Waals surface area contributed by atoms with Crippen molar-refractivity contribution in [2.24, 2.45) is 0 Å². The van der Waals surface area contributed by atoms with Crippen molar-refractivity contribution in [2.45, 2.75) is 46.2 Å². The normalized spacial score (nSPS) is 18.7. The molecule has 0 bridgehead atoms. The van der Waals surface area contributed by atoms with Crippen LogP contribution in [0.25, 0.3) is 5.69 Å². The van der Waals surface area contributed by atoms with Gasteiger partial charge in [-0.25, -0.2) is 0 Å². The van der Waals surface area contributed by atoms with Crippen LogP contribution in [-0.2, 0) is 0 Å². The first-order valence-corrected chi connectivity index (χ1v) is 11.1. The molecule has 3 heterocycles. The molecule has 0 radical (unpaired) electrons. The van der Waals surface area contributed by atoms with Crippen LogP contribution >= 0.6 is 23.8 Å². The van der Waals surface area contributed by atoms with Crippen molar-refractivity contribution in [1.82, 2.24) is 19.8 Å². The molecule has 1 aliphatic heterocycles. The van der Waals surface area contributed by atoms with Gasteiger partial charge < -0.3 is 14.8 Å². The van der Waals surface area contributed by atoms with E-state index in [0.29, 0.717) is 0 Å². The molecule has 2 atom stereocenters. The summed E-state index contributed by atoms with van der Waals surface area (Å²) in [6, 6.07) is 14.5. The minimum atomic E-state index is 0.0136. The lowest BCUT2D eigenvalue weighted by molar-refractivity contribution is 0.316. The highest BCUT2D eigenvalue weighted by Crippen LogP contribution is 2.41. The lowest BCUT2D eigenvalue weighted by atomic mass is 9.96. The Labute approximate surface area is 188 Å². The summed E-state index contributed by atoms with van der Waals surface area (Å²) in [4.78, 5) is 6.95. The zero-order valence-electron chi connectivity index (χ0n) is 17.8. The zero-order valence-corrected chi connectivity index (χ0v) is 19.4. The largest absolute Gasteiger partial charge is 0.352 e. The Morgan fingerprint density at radius 3 is 2.63 bits per heavy atom. The molecule has 1 N–H and O–H groups in total. The van der Waals surface area contributed by atoms with E-state index < -0.39 is 0 Å². The molecule has 4 rings (SSSR count). The van der Waals surface area contributed by atoms with E-state index >= 15 is 0 Å². The Balaban J connectivity index is 1.86. The van der Waals surface area contributed by atoms with Gasteiger partial charge in [-0.1, -0.05) is 30.7 Å². The molecule has 1 fully saturated rings. The fraction of sp³-hybridized carbons (Fsp3) is 0.333. The predicted molar refractivity (Wildman–Crippen MR) is 127 cm³/mol. The van der Waals surface area contributed by atoms with Crippen LogP contribution in [0.1, 0.15) is 53.6 Å². The maximum Gasteiger partial charge on any atom is 0.170 e. The third-order valence-corrected chi connectivity index (χ3v) is 6.69. The lowest BCUT2D eigenvalue weighted by Crippen LogP contribution is -2.30. The number of rotatable bonds is 5. The molecule has 0 spiro atoms. The van der Waals surface area contributed by atoms with Crippen molar-refractivity contribution in [3.63, 3.8) is 0 Å². The number of nitrogens with zero attached hydrogens (tertiary/aromatic N) is 3. The quantitative estimate of drug-likeness (QED) is 0.508. The molecule has 6 heteroatoms. The molecule has 0 aliphatic carbocycles. The van der Waals surface area contributed by atoms with Gasteiger partial charge in [-0.2, -0.15) is 0 Å². The Morgan fingerprint density at radius 1 is 1.13 bits per heavy atom. The molecule has 1 aliphatic rings. The van der Waals surface area contributed by atoms with Crippen LogP contribution in [0.5, 0.6) is 0 Å². The van der Waals surface area contributed by atoms with Crippen LogP contribution < -0.4 is 5.32 Å². The molecule has 0 saturated carbocycles. The van der Waals surface area contributed by atoms with Gasteiger partial charge in [-0.15, -0.1) is 0 Å². The van der Waals surface area contributed by atoms with Gasteiger partial charge in [-0.05, 0) is 80.9 Å². The number of thiocarbonyl (C=S) groups is 1. The number of hydrogen-bond acceptors (Lipinski definition) is 2. The number of nitrogens with one attached hydrogen (secondary N) is 1. The van der Waals surface area contributed by atoms with Crippen LogP contribution in [0.2, 0.25) is 5.02 Å². The first-order valence-electron chi connectivity index (χ1n) is 10.4. The van der Waals surface area contributed by atoms with Crippen LogP contribution in [-0.4, -0.2) is 26.1 Å². The number of pyridine rings is 1. The van der Waals surface area contributed by atoms with Crippen LogP contribution in [0.3, 0.4) is 0 Å². The summed E-state index contributed by atoms with van der Waals surface area (Å²) < 4.78 is 2.30. The van der Waals surface area contributed by atoms with E-state index in [2.05, 4.69) is 65.7 Å². The molecule has 30 heavy (non-hydrogen) atoms.